The van der Waals surface area contributed by atoms with Crippen LogP contribution in [0.4, 0.5) is 4.79 Å². The largest absolute Gasteiger partial charge is 0.844 e. The highest BCUT2D eigenvalue weighted by atomic mass is 16.6. The van der Waals surface area contributed by atoms with Crippen molar-refractivity contribution in [2.45, 2.75) is 82.1 Å². The molecule has 11 heteroatoms. The van der Waals surface area contributed by atoms with Gasteiger partial charge in [0.05, 0.1) is 26.2 Å². The Bertz CT molecular complexity index is 1350. The van der Waals surface area contributed by atoms with Crippen molar-refractivity contribution < 1.29 is 38.2 Å². The molecule has 4 aliphatic rings. The highest BCUT2D eigenvalue weighted by Gasteiger charge is 2.71. The maximum Gasteiger partial charge on any atom is 0.415 e. The van der Waals surface area contributed by atoms with Crippen molar-refractivity contribution in [3.63, 3.8) is 0 Å². The minimum Gasteiger partial charge on any atom is -0.844 e. The van der Waals surface area contributed by atoms with Crippen LogP contribution in [-0.2, 0) is 26.2 Å². The fourth-order valence-corrected chi connectivity index (χ4v) is 8.06. The van der Waals surface area contributed by atoms with Crippen LogP contribution in [0.2, 0.25) is 0 Å². The Morgan fingerprint density at radius 1 is 1.30 bits per heavy atom. The number of amides is 3. The first-order valence-electron chi connectivity index (χ1n) is 15.3. The molecular weight excluding hydrogens is 552 g/mol. The summed E-state index contributed by atoms with van der Waals surface area (Å²) in [6, 6.07) is 2.71. The quantitative estimate of drug-likeness (QED) is 0.306. The highest BCUT2D eigenvalue weighted by Crippen LogP contribution is 2.64. The number of nitrogens with one attached hydrogen (secondary N) is 2. The lowest BCUT2D eigenvalue weighted by Gasteiger charge is -2.70. The van der Waals surface area contributed by atoms with E-state index < -0.39 is 29.3 Å². The predicted molar refractivity (Wildman–Crippen MR) is 156 cm³/mol. The number of hydrogen-bond acceptors (Lipinski definition) is 7. The van der Waals surface area contributed by atoms with Gasteiger partial charge < -0.3 is 34.6 Å². The maximum absolute atomic E-state index is 15.0. The Labute approximate surface area is 253 Å². The summed E-state index contributed by atoms with van der Waals surface area (Å²) < 4.78 is 12.7. The van der Waals surface area contributed by atoms with Gasteiger partial charge in [-0.15, -0.1) is 0 Å². The van der Waals surface area contributed by atoms with Crippen LogP contribution in [0.25, 0.3) is 0 Å². The van der Waals surface area contributed by atoms with E-state index in [-0.39, 0.29) is 61.2 Å². The third-order valence-electron chi connectivity index (χ3n) is 10.1. The van der Waals surface area contributed by atoms with Crippen molar-refractivity contribution in [3.05, 3.63) is 35.9 Å². The number of ether oxygens (including phenoxy) is 2. The molecule has 6 atom stereocenters. The smallest absolute Gasteiger partial charge is 0.415 e. The van der Waals surface area contributed by atoms with Gasteiger partial charge in [-0.3, -0.25) is 14.4 Å². The lowest BCUT2D eigenvalue weighted by Crippen LogP contribution is -2.85. The number of nitrogens with zero attached hydrogens (tertiary/aromatic N) is 2. The van der Waals surface area contributed by atoms with E-state index in [0.717, 1.165) is 17.7 Å². The van der Waals surface area contributed by atoms with Crippen LogP contribution in [0.5, 0.6) is 11.5 Å². The van der Waals surface area contributed by atoms with Crippen molar-refractivity contribution in [2.24, 2.45) is 5.92 Å². The third-order valence-corrected chi connectivity index (χ3v) is 10.1. The van der Waals surface area contributed by atoms with Crippen LogP contribution >= 0.6 is 0 Å². The molecule has 11 nitrogen and oxygen atoms in total. The number of likely N-dealkylation sites (tertiary alicyclic amines) is 1. The highest BCUT2D eigenvalue weighted by molar-refractivity contribution is 5.90. The topological polar surface area (TPSA) is 137 Å². The molecule has 2 heterocycles. The zero-order valence-electron chi connectivity index (χ0n) is 25.9. The molecule has 2 aliphatic heterocycles. The van der Waals surface area contributed by atoms with Gasteiger partial charge in [-0.2, -0.15) is 0 Å². The van der Waals surface area contributed by atoms with Gasteiger partial charge in [0.2, 0.25) is 11.8 Å². The zero-order valence-corrected chi connectivity index (χ0v) is 25.9. The monoisotopic (exact) mass is 596 g/mol. The van der Waals surface area contributed by atoms with Gasteiger partial charge in [0.25, 0.3) is 0 Å². The first-order valence-corrected chi connectivity index (χ1v) is 15.3. The first-order chi connectivity index (χ1) is 20.3. The maximum atomic E-state index is 15.0. The number of benzene rings is 1. The predicted octanol–water partition coefficient (Wildman–Crippen LogP) is 1.21. The van der Waals surface area contributed by atoms with Gasteiger partial charge in [-0.25, -0.2) is 4.79 Å². The Morgan fingerprint density at radius 3 is 2.72 bits per heavy atom. The lowest BCUT2D eigenvalue weighted by atomic mass is 9.48. The molecule has 1 aromatic carbocycles. The van der Waals surface area contributed by atoms with E-state index in [9.17, 15) is 19.2 Å². The van der Waals surface area contributed by atoms with E-state index in [1.807, 2.05) is 26.0 Å². The van der Waals surface area contributed by atoms with E-state index in [4.69, 9.17) is 9.47 Å². The number of rotatable bonds is 10. The summed E-state index contributed by atoms with van der Waals surface area (Å²) in [5.74, 6) is 0.0477. The summed E-state index contributed by atoms with van der Waals surface area (Å²) in [5, 5.41) is 20.5. The van der Waals surface area contributed by atoms with Gasteiger partial charge in [-0.05, 0) is 42.1 Å². The summed E-state index contributed by atoms with van der Waals surface area (Å²) in [7, 11) is 3.67. The molecule has 1 aromatic rings. The third kappa shape index (κ3) is 5.00. The Kier molecular flexibility index (Phi) is 8.11. The van der Waals surface area contributed by atoms with Crippen LogP contribution in [0, 0.1) is 5.92 Å². The molecule has 2 N–H and O–H groups in total. The van der Waals surface area contributed by atoms with E-state index in [1.54, 1.807) is 13.1 Å². The van der Waals surface area contributed by atoms with E-state index >= 15 is 5.11 Å². The summed E-state index contributed by atoms with van der Waals surface area (Å²) >= 11 is 0. The Morgan fingerprint density at radius 2 is 2.05 bits per heavy atom. The van der Waals surface area contributed by atoms with Gasteiger partial charge in [0.15, 0.2) is 23.4 Å². The second kappa shape index (κ2) is 11.2. The fourth-order valence-electron chi connectivity index (χ4n) is 8.06. The van der Waals surface area contributed by atoms with Gasteiger partial charge in [-0.1, -0.05) is 26.5 Å². The second-order valence-corrected chi connectivity index (χ2v) is 13.4. The van der Waals surface area contributed by atoms with Crippen LogP contribution in [0.1, 0.15) is 57.6 Å². The summed E-state index contributed by atoms with van der Waals surface area (Å²) in [5.41, 5.74) is -0.658. The van der Waals surface area contributed by atoms with E-state index in [2.05, 4.69) is 24.3 Å². The normalized spacial score (nSPS) is 30.5. The summed E-state index contributed by atoms with van der Waals surface area (Å²) in [4.78, 5) is 51.9. The zero-order chi connectivity index (χ0) is 31.3. The minimum absolute atomic E-state index is 0.0748. The number of carbonyl (C=O) groups is 4. The molecular formula is C32H44N4O7. The number of carbonyl (C=O) groups excluding carboxylic acids is 4. The van der Waals surface area contributed by atoms with Crippen molar-refractivity contribution in [1.82, 2.24) is 15.5 Å². The van der Waals surface area contributed by atoms with Crippen LogP contribution in [0.3, 0.4) is 0 Å². The second-order valence-electron chi connectivity index (χ2n) is 13.4. The molecule has 1 spiro atoms. The Hall–Kier alpha value is -3.44. The lowest BCUT2D eigenvalue weighted by molar-refractivity contribution is -0.954. The first kappa shape index (κ1) is 31.0. The number of Topliss-reactive ketones (excluding diaryl/α,β-unsaturated/α-hetero) is 1. The SMILES string of the molecule is C=CC[N+]1(C)CC[C@]23c4c5ccc(OC(=O)N(C)CCNC(=O)[C@H](CC(C)C)NC(C)=O)c4O[C@H]2C(=O)CC[C@@]3([O-])[C@H]1C5. The number of ketones is 1. The summed E-state index contributed by atoms with van der Waals surface area (Å²) in [6.45, 7) is 11.0. The van der Waals surface area contributed by atoms with Crippen molar-refractivity contribution >= 4 is 23.7 Å². The van der Waals surface area contributed by atoms with E-state index in [0.29, 0.717) is 36.0 Å². The molecule has 2 aliphatic carbocycles. The van der Waals surface area contributed by atoms with E-state index in [1.165, 1.54) is 11.8 Å². The molecule has 1 saturated heterocycles. The van der Waals surface area contributed by atoms with Gasteiger partial charge in [0.1, 0.15) is 6.04 Å². The number of likely N-dealkylation sites (N-methyl/N-ethyl adjacent to an activating group) is 2. The van der Waals surface area contributed by atoms with Gasteiger partial charge in [0, 0.05) is 57.3 Å². The molecule has 3 amide bonds. The number of piperidine rings is 1. The standard InChI is InChI=1S/C32H44N4O7/c1-7-15-36(6)16-12-31-26-21-8-9-24(27(26)43-28(31)23(38)10-11-32(31,41)25(36)18-21)42-30(40)35(5)14-13-33-29(39)22(17-19(2)3)34-20(4)37/h7-9,19,22,25,28H,1,10-18H2,2-6H3,(H,33,39)(H,34,37)/t22-,25+,28-,31-,32+,36?/m0/s1. The van der Waals surface area contributed by atoms with Crippen molar-refractivity contribution in [3.8, 4) is 11.5 Å². The Balaban J connectivity index is 1.33. The van der Waals surface area contributed by atoms with Crippen LogP contribution in [-0.4, -0.2) is 97.1 Å². The fraction of sp³-hybridized carbons (Fsp3) is 0.625. The molecule has 234 valence electrons. The molecule has 1 unspecified atom stereocenters. The molecule has 2 fully saturated rings. The molecule has 0 aromatic heterocycles. The van der Waals surface area contributed by atoms with Crippen molar-refractivity contribution in [1.29, 1.82) is 0 Å². The number of quaternary nitrogens is 1. The van der Waals surface area contributed by atoms with Gasteiger partial charge >= 0.3 is 6.09 Å². The minimum atomic E-state index is -1.39. The average molecular weight is 597 g/mol. The average Bonchev–Trinajstić information content (AvgIpc) is 3.30. The number of hydrogen-bond donors (Lipinski definition) is 2. The molecule has 1 saturated carbocycles. The molecule has 43 heavy (non-hydrogen) atoms. The van der Waals surface area contributed by atoms with Crippen LogP contribution in [0.15, 0.2) is 24.8 Å². The molecule has 0 radical (unpaired) electrons. The summed E-state index contributed by atoms with van der Waals surface area (Å²) in [6.07, 6.45) is 2.33. The van der Waals surface area contributed by atoms with Crippen molar-refractivity contribution in [2.75, 3.05) is 40.3 Å². The molecule has 2 bridgehead atoms. The molecule has 5 rings (SSSR count). The van der Waals surface area contributed by atoms with Crippen LogP contribution < -0.4 is 25.2 Å².